The molecule has 7 nitrogen and oxygen atoms in total. The highest BCUT2D eigenvalue weighted by Crippen LogP contribution is 2.25. The first-order valence-corrected chi connectivity index (χ1v) is 11.5. The van der Waals surface area contributed by atoms with E-state index in [9.17, 15) is 14.4 Å². The average molecular weight is 446 g/mol. The molecule has 1 unspecified atom stereocenters. The molecule has 0 aliphatic carbocycles. The maximum Gasteiger partial charge on any atom is 0.251 e. The fourth-order valence-corrected chi connectivity index (χ4v) is 3.99. The Kier molecular flexibility index (Phi) is 9.69. The number of amides is 3. The van der Waals surface area contributed by atoms with Gasteiger partial charge in [-0.3, -0.25) is 14.4 Å². The van der Waals surface area contributed by atoms with Crippen LogP contribution in [-0.4, -0.2) is 62.0 Å². The van der Waals surface area contributed by atoms with Crippen molar-refractivity contribution in [1.82, 2.24) is 15.5 Å². The summed E-state index contributed by atoms with van der Waals surface area (Å²) in [5, 5.41) is 5.90. The van der Waals surface area contributed by atoms with Crippen LogP contribution in [0.3, 0.4) is 0 Å². The molecule has 0 saturated carbocycles. The van der Waals surface area contributed by atoms with Crippen molar-refractivity contribution in [3.8, 4) is 0 Å². The first-order valence-electron chi connectivity index (χ1n) is 11.5. The molecule has 0 bridgehead atoms. The van der Waals surface area contributed by atoms with E-state index in [-0.39, 0.29) is 29.1 Å². The van der Waals surface area contributed by atoms with Crippen molar-refractivity contribution in [1.29, 1.82) is 0 Å². The third-order valence-corrected chi connectivity index (χ3v) is 5.72. The summed E-state index contributed by atoms with van der Waals surface area (Å²) in [4.78, 5) is 40.4. The Hall–Kier alpha value is -2.41. The predicted molar refractivity (Wildman–Crippen MR) is 125 cm³/mol. The largest absolute Gasteiger partial charge is 0.385 e. The highest BCUT2D eigenvalue weighted by molar-refractivity contribution is 5.97. The van der Waals surface area contributed by atoms with Crippen molar-refractivity contribution in [3.63, 3.8) is 0 Å². The van der Waals surface area contributed by atoms with E-state index in [0.717, 1.165) is 5.56 Å². The number of carbonyl (C=O) groups is 3. The maximum absolute atomic E-state index is 13.0. The van der Waals surface area contributed by atoms with Gasteiger partial charge in [0.25, 0.3) is 5.91 Å². The molecule has 1 atom stereocenters. The van der Waals surface area contributed by atoms with Gasteiger partial charge in [0.1, 0.15) is 6.04 Å². The van der Waals surface area contributed by atoms with Crippen LogP contribution in [0.2, 0.25) is 0 Å². The summed E-state index contributed by atoms with van der Waals surface area (Å²) in [7, 11) is 1.63. The van der Waals surface area contributed by atoms with E-state index in [1.807, 2.05) is 30.0 Å². The van der Waals surface area contributed by atoms with E-state index >= 15 is 0 Å². The first kappa shape index (κ1) is 25.8. The van der Waals surface area contributed by atoms with Crippen molar-refractivity contribution in [2.24, 2.45) is 11.3 Å². The first-order chi connectivity index (χ1) is 15.1. The Morgan fingerprint density at radius 3 is 2.47 bits per heavy atom. The van der Waals surface area contributed by atoms with Gasteiger partial charge in [-0.05, 0) is 49.7 Å². The number of nitrogens with zero attached hydrogens (tertiary/aromatic N) is 1. The molecule has 1 aromatic carbocycles. The second-order valence-corrected chi connectivity index (χ2v) is 9.91. The summed E-state index contributed by atoms with van der Waals surface area (Å²) in [5.41, 5.74) is 1.48. The summed E-state index contributed by atoms with van der Waals surface area (Å²) in [6, 6.07) is 6.70. The lowest BCUT2D eigenvalue weighted by Gasteiger charge is -2.36. The van der Waals surface area contributed by atoms with Gasteiger partial charge in [0.2, 0.25) is 11.8 Å². The van der Waals surface area contributed by atoms with E-state index in [1.54, 1.807) is 13.2 Å². The standard InChI is InChI=1S/C25H39N3O4/c1-18-8-6-9-20(16-18)23(30)27-22(24(31)26-12-7-15-32-5)19-10-13-28(14-11-19)21(29)17-25(2,3)4/h6,8-9,16,19,22H,7,10-15,17H2,1-5H3,(H,26,31)(H,27,30). The van der Waals surface area contributed by atoms with Gasteiger partial charge < -0.3 is 20.3 Å². The summed E-state index contributed by atoms with van der Waals surface area (Å²) in [5.74, 6) is -0.302. The monoisotopic (exact) mass is 445 g/mol. The zero-order valence-corrected chi connectivity index (χ0v) is 20.2. The molecular weight excluding hydrogens is 406 g/mol. The van der Waals surface area contributed by atoms with Crippen LogP contribution in [-0.2, 0) is 14.3 Å². The molecule has 2 N–H and O–H groups in total. The quantitative estimate of drug-likeness (QED) is 0.572. The normalized spacial score (nSPS) is 15.8. The molecule has 3 amide bonds. The van der Waals surface area contributed by atoms with Crippen LogP contribution in [0, 0.1) is 18.3 Å². The van der Waals surface area contributed by atoms with Gasteiger partial charge in [0.05, 0.1) is 0 Å². The molecule has 0 spiro atoms. The summed E-state index contributed by atoms with van der Waals surface area (Å²) in [6.07, 6.45) is 2.58. The number of benzene rings is 1. The van der Waals surface area contributed by atoms with Crippen molar-refractivity contribution in [2.45, 2.75) is 59.4 Å². The third-order valence-electron chi connectivity index (χ3n) is 5.72. The molecule has 0 aromatic heterocycles. The minimum absolute atomic E-state index is 0.0233. The summed E-state index contributed by atoms with van der Waals surface area (Å²) >= 11 is 0. The Morgan fingerprint density at radius 1 is 1.19 bits per heavy atom. The predicted octanol–water partition coefficient (Wildman–Crippen LogP) is 2.92. The Morgan fingerprint density at radius 2 is 1.88 bits per heavy atom. The molecule has 1 saturated heterocycles. The highest BCUT2D eigenvalue weighted by Gasteiger charge is 2.34. The highest BCUT2D eigenvalue weighted by atomic mass is 16.5. The van der Waals surface area contributed by atoms with Gasteiger partial charge in [0.15, 0.2) is 0 Å². The van der Waals surface area contributed by atoms with Crippen molar-refractivity contribution in [2.75, 3.05) is 33.4 Å². The van der Waals surface area contributed by atoms with E-state index in [2.05, 4.69) is 31.4 Å². The molecule has 1 fully saturated rings. The number of hydrogen-bond donors (Lipinski definition) is 2. The van der Waals surface area contributed by atoms with Crippen molar-refractivity contribution < 1.29 is 19.1 Å². The summed E-state index contributed by atoms with van der Waals surface area (Å²) < 4.78 is 5.04. The molecule has 1 aliphatic rings. The molecule has 1 heterocycles. The SMILES string of the molecule is COCCCNC(=O)C(NC(=O)c1cccc(C)c1)C1CCN(C(=O)CC(C)(C)C)CC1. The molecular formula is C25H39N3O4. The van der Waals surface area contributed by atoms with E-state index in [4.69, 9.17) is 4.74 Å². The van der Waals surface area contributed by atoms with Crippen LogP contribution >= 0.6 is 0 Å². The molecule has 32 heavy (non-hydrogen) atoms. The Balaban J connectivity index is 2.05. The lowest BCUT2D eigenvalue weighted by Crippen LogP contribution is -2.54. The Labute approximate surface area is 192 Å². The van der Waals surface area contributed by atoms with Crippen LogP contribution in [0.4, 0.5) is 0 Å². The number of rotatable bonds is 9. The molecule has 2 rings (SSSR count). The third kappa shape index (κ3) is 8.26. The number of carbonyl (C=O) groups excluding carboxylic acids is 3. The second-order valence-electron chi connectivity index (χ2n) is 9.91. The maximum atomic E-state index is 13.0. The van der Waals surface area contributed by atoms with Gasteiger partial charge in [-0.15, -0.1) is 0 Å². The fraction of sp³-hybridized carbons (Fsp3) is 0.640. The molecule has 1 aromatic rings. The fourth-order valence-electron chi connectivity index (χ4n) is 3.99. The van der Waals surface area contributed by atoms with Gasteiger partial charge in [-0.2, -0.15) is 0 Å². The van der Waals surface area contributed by atoms with E-state index in [1.165, 1.54) is 0 Å². The van der Waals surface area contributed by atoms with Crippen molar-refractivity contribution >= 4 is 17.7 Å². The number of methoxy groups -OCH3 is 1. The van der Waals surface area contributed by atoms with Gasteiger partial charge >= 0.3 is 0 Å². The number of piperidine rings is 1. The minimum Gasteiger partial charge on any atom is -0.385 e. The Bertz CT molecular complexity index is 780. The number of aryl methyl sites for hydroxylation is 1. The number of likely N-dealkylation sites (tertiary alicyclic amines) is 1. The number of ether oxygens (including phenoxy) is 1. The molecule has 1 aliphatic heterocycles. The van der Waals surface area contributed by atoms with E-state index < -0.39 is 6.04 Å². The number of hydrogen-bond acceptors (Lipinski definition) is 4. The second kappa shape index (κ2) is 12.0. The molecule has 0 radical (unpaired) electrons. The lowest BCUT2D eigenvalue weighted by molar-refractivity contribution is -0.134. The number of nitrogens with one attached hydrogen (secondary N) is 2. The van der Waals surface area contributed by atoms with Gasteiger partial charge in [0, 0.05) is 45.3 Å². The molecule has 7 heteroatoms. The van der Waals surface area contributed by atoms with Gasteiger partial charge in [-0.1, -0.05) is 38.5 Å². The lowest BCUT2D eigenvalue weighted by atomic mass is 9.87. The van der Waals surface area contributed by atoms with E-state index in [0.29, 0.717) is 57.5 Å². The van der Waals surface area contributed by atoms with Crippen LogP contribution in [0.15, 0.2) is 24.3 Å². The topological polar surface area (TPSA) is 87.7 Å². The van der Waals surface area contributed by atoms with Crippen LogP contribution in [0.5, 0.6) is 0 Å². The molecule has 178 valence electrons. The summed E-state index contributed by atoms with van der Waals surface area (Å²) in [6.45, 7) is 10.4. The van der Waals surface area contributed by atoms with Crippen molar-refractivity contribution in [3.05, 3.63) is 35.4 Å². The van der Waals surface area contributed by atoms with Crippen LogP contribution in [0.25, 0.3) is 0 Å². The average Bonchev–Trinajstić information content (AvgIpc) is 2.73. The zero-order valence-electron chi connectivity index (χ0n) is 20.2. The minimum atomic E-state index is -0.634. The van der Waals surface area contributed by atoms with Crippen LogP contribution in [0.1, 0.15) is 62.4 Å². The zero-order chi connectivity index (χ0) is 23.7. The van der Waals surface area contributed by atoms with Gasteiger partial charge in [-0.25, -0.2) is 0 Å². The smallest absolute Gasteiger partial charge is 0.251 e. The van der Waals surface area contributed by atoms with Crippen LogP contribution < -0.4 is 10.6 Å².